The Hall–Kier alpha value is -2.48. The van der Waals surface area contributed by atoms with Crippen molar-refractivity contribution < 1.29 is 0 Å². The number of benzene rings is 2. The quantitative estimate of drug-likeness (QED) is 0.466. The van der Waals surface area contributed by atoms with E-state index in [1.54, 1.807) is 0 Å². The highest BCUT2D eigenvalue weighted by Crippen LogP contribution is 2.52. The van der Waals surface area contributed by atoms with Crippen molar-refractivity contribution in [1.82, 2.24) is 9.97 Å². The van der Waals surface area contributed by atoms with Crippen molar-refractivity contribution in [1.29, 1.82) is 0 Å². The van der Waals surface area contributed by atoms with E-state index in [1.807, 2.05) is 0 Å². The fourth-order valence-corrected chi connectivity index (χ4v) is 5.20. The van der Waals surface area contributed by atoms with Crippen molar-refractivity contribution in [3.05, 3.63) is 71.0 Å². The van der Waals surface area contributed by atoms with Gasteiger partial charge in [0.1, 0.15) is 0 Å². The van der Waals surface area contributed by atoms with Crippen LogP contribution >= 0.6 is 0 Å². The molecule has 2 aliphatic rings. The number of hydrogen-bond donors (Lipinski definition) is 2. The van der Waals surface area contributed by atoms with E-state index < -0.39 is 0 Å². The fourth-order valence-electron chi connectivity index (χ4n) is 5.20. The van der Waals surface area contributed by atoms with Gasteiger partial charge in [0.05, 0.1) is 0 Å². The molecule has 4 aromatic rings. The van der Waals surface area contributed by atoms with Crippen molar-refractivity contribution in [3.63, 3.8) is 0 Å². The third-order valence-electron chi connectivity index (χ3n) is 6.26. The fraction of sp³-hybridized carbons (Fsp3) is 0.238. The van der Waals surface area contributed by atoms with Crippen LogP contribution in [0.15, 0.2) is 48.8 Å². The molecule has 2 aromatic heterocycles. The molecule has 6 rings (SSSR count). The predicted molar refractivity (Wildman–Crippen MR) is 94.0 cm³/mol. The summed E-state index contributed by atoms with van der Waals surface area (Å²) in [7, 11) is 0. The number of aromatic amines is 2. The van der Waals surface area contributed by atoms with Gasteiger partial charge in [-0.3, -0.25) is 0 Å². The number of H-pyrrole nitrogens is 2. The smallest absolute Gasteiger partial charge is 0.0459 e. The summed E-state index contributed by atoms with van der Waals surface area (Å²) in [6.45, 7) is 0. The van der Waals surface area contributed by atoms with E-state index in [1.165, 1.54) is 69.7 Å². The average molecular weight is 298 g/mol. The molecule has 0 fully saturated rings. The minimum absolute atomic E-state index is 0.180. The van der Waals surface area contributed by atoms with Crippen molar-refractivity contribution >= 4 is 21.8 Å². The van der Waals surface area contributed by atoms with E-state index in [4.69, 9.17) is 0 Å². The number of nitrogens with one attached hydrogen (secondary N) is 2. The first-order valence-electron chi connectivity index (χ1n) is 8.56. The minimum Gasteiger partial charge on any atom is -0.361 e. The van der Waals surface area contributed by atoms with Crippen LogP contribution in [0.5, 0.6) is 0 Å². The molecular formula is C21H18N2. The van der Waals surface area contributed by atoms with Gasteiger partial charge in [-0.2, -0.15) is 0 Å². The summed E-state index contributed by atoms with van der Waals surface area (Å²) in [5.41, 5.74) is 8.82. The Morgan fingerprint density at radius 2 is 1.22 bits per heavy atom. The molecule has 2 nitrogen and oxygen atoms in total. The average Bonchev–Trinajstić information content (AvgIpc) is 3.22. The summed E-state index contributed by atoms with van der Waals surface area (Å²) in [4.78, 5) is 7.06. The van der Waals surface area contributed by atoms with Gasteiger partial charge in [-0.15, -0.1) is 0 Å². The zero-order chi connectivity index (χ0) is 15.0. The highest BCUT2D eigenvalue weighted by atomic mass is 14.7. The Kier molecular flexibility index (Phi) is 2.03. The Labute approximate surface area is 134 Å². The summed E-state index contributed by atoms with van der Waals surface area (Å²) in [5, 5.41) is 2.96. The van der Waals surface area contributed by atoms with Crippen molar-refractivity contribution in [2.24, 2.45) is 0 Å². The molecule has 2 heteroatoms. The molecule has 0 saturated carbocycles. The zero-order valence-electron chi connectivity index (χ0n) is 12.9. The lowest BCUT2D eigenvalue weighted by atomic mass is 9.62. The van der Waals surface area contributed by atoms with Gasteiger partial charge in [-0.05, 0) is 60.1 Å². The standard InChI is InChI=1S/C21H18N2/c1-3-13-7-9-21(15-11-22-17(5-1)19(13)15)10-8-14-4-2-6-18-20(14)16(21)12-23-18/h1-6,11-12,22-23H,7-10H2. The lowest BCUT2D eigenvalue weighted by molar-refractivity contribution is 0.428. The lowest BCUT2D eigenvalue weighted by Crippen LogP contribution is -2.33. The third kappa shape index (κ3) is 1.31. The molecular weight excluding hydrogens is 280 g/mol. The van der Waals surface area contributed by atoms with Crippen LogP contribution in [0.25, 0.3) is 21.8 Å². The lowest BCUT2D eigenvalue weighted by Gasteiger charge is -2.40. The molecule has 0 unspecified atom stereocenters. The third-order valence-corrected chi connectivity index (χ3v) is 6.26. The van der Waals surface area contributed by atoms with Gasteiger partial charge in [-0.1, -0.05) is 24.3 Å². The van der Waals surface area contributed by atoms with Gasteiger partial charge in [0.25, 0.3) is 0 Å². The molecule has 0 bridgehead atoms. The molecule has 2 N–H and O–H groups in total. The van der Waals surface area contributed by atoms with Gasteiger partial charge >= 0.3 is 0 Å². The molecule has 0 atom stereocenters. The largest absolute Gasteiger partial charge is 0.361 e. The maximum Gasteiger partial charge on any atom is 0.0459 e. The molecule has 2 heterocycles. The monoisotopic (exact) mass is 298 g/mol. The Morgan fingerprint density at radius 3 is 1.74 bits per heavy atom. The summed E-state index contributed by atoms with van der Waals surface area (Å²) in [5.74, 6) is 0. The summed E-state index contributed by atoms with van der Waals surface area (Å²) >= 11 is 0. The van der Waals surface area contributed by atoms with E-state index in [0.29, 0.717) is 0 Å². The number of rotatable bonds is 0. The maximum atomic E-state index is 3.53. The van der Waals surface area contributed by atoms with Gasteiger partial charge in [0.2, 0.25) is 0 Å². The van der Waals surface area contributed by atoms with Crippen LogP contribution in [0, 0.1) is 0 Å². The molecule has 112 valence electrons. The van der Waals surface area contributed by atoms with E-state index in [-0.39, 0.29) is 5.41 Å². The summed E-state index contributed by atoms with van der Waals surface area (Å²) in [6, 6.07) is 13.4. The molecule has 1 spiro atoms. The van der Waals surface area contributed by atoms with E-state index in [9.17, 15) is 0 Å². The minimum atomic E-state index is 0.180. The van der Waals surface area contributed by atoms with E-state index >= 15 is 0 Å². The van der Waals surface area contributed by atoms with Crippen LogP contribution in [0.4, 0.5) is 0 Å². The van der Waals surface area contributed by atoms with Crippen LogP contribution in [0.2, 0.25) is 0 Å². The summed E-state index contributed by atoms with van der Waals surface area (Å²) in [6.07, 6.45) is 9.35. The van der Waals surface area contributed by atoms with Crippen LogP contribution in [0.3, 0.4) is 0 Å². The van der Waals surface area contributed by atoms with Gasteiger partial charge < -0.3 is 9.97 Å². The Bertz CT molecular complexity index is 992. The SMILES string of the molecule is c1cc2c3c(c[nH]c3c1)C1(CC2)CCc2cccc3[nH]cc1c23. The van der Waals surface area contributed by atoms with Crippen molar-refractivity contribution in [3.8, 4) is 0 Å². The second-order valence-electron chi connectivity index (χ2n) is 7.17. The van der Waals surface area contributed by atoms with Gasteiger partial charge in [-0.25, -0.2) is 0 Å². The molecule has 2 aromatic carbocycles. The first kappa shape index (κ1) is 12.0. The molecule has 0 radical (unpaired) electrons. The highest BCUT2D eigenvalue weighted by Gasteiger charge is 2.42. The van der Waals surface area contributed by atoms with Gasteiger partial charge in [0, 0.05) is 39.6 Å². The molecule has 2 aliphatic carbocycles. The number of hydrogen-bond acceptors (Lipinski definition) is 0. The number of aryl methyl sites for hydroxylation is 2. The number of aromatic nitrogens is 2. The van der Waals surface area contributed by atoms with Gasteiger partial charge in [0.15, 0.2) is 0 Å². The topological polar surface area (TPSA) is 31.6 Å². The molecule has 0 amide bonds. The zero-order valence-corrected chi connectivity index (χ0v) is 12.9. The highest BCUT2D eigenvalue weighted by molar-refractivity contribution is 5.94. The summed E-state index contributed by atoms with van der Waals surface area (Å²) < 4.78 is 0. The van der Waals surface area contributed by atoms with Crippen molar-refractivity contribution in [2.75, 3.05) is 0 Å². The van der Waals surface area contributed by atoms with Crippen molar-refractivity contribution in [2.45, 2.75) is 31.1 Å². The second-order valence-corrected chi connectivity index (χ2v) is 7.17. The second kappa shape index (κ2) is 3.88. The van der Waals surface area contributed by atoms with Crippen LogP contribution < -0.4 is 0 Å². The van der Waals surface area contributed by atoms with Crippen LogP contribution in [-0.4, -0.2) is 9.97 Å². The first-order valence-corrected chi connectivity index (χ1v) is 8.56. The van der Waals surface area contributed by atoms with E-state index in [2.05, 4.69) is 58.8 Å². The Balaban J connectivity index is 1.74. The molecule has 0 aliphatic heterocycles. The van der Waals surface area contributed by atoms with Crippen LogP contribution in [0.1, 0.15) is 35.1 Å². The van der Waals surface area contributed by atoms with E-state index in [0.717, 1.165) is 0 Å². The van der Waals surface area contributed by atoms with Crippen LogP contribution in [-0.2, 0) is 18.3 Å². The number of fused-ring (bicyclic) bond motifs is 2. The normalized spacial score (nSPS) is 18.1. The maximum absolute atomic E-state index is 3.53. The Morgan fingerprint density at radius 1 is 0.696 bits per heavy atom. The molecule has 0 saturated heterocycles. The predicted octanol–water partition coefficient (Wildman–Crippen LogP) is 4.83. The molecule has 23 heavy (non-hydrogen) atoms. The first-order chi connectivity index (χ1) is 11.4.